The Morgan fingerprint density at radius 1 is 1.43 bits per heavy atom. The molecule has 0 bridgehead atoms. The number of halogens is 3. The Hall–Kier alpha value is -1.24. The van der Waals surface area contributed by atoms with Gasteiger partial charge in [-0.25, -0.2) is 8.78 Å². The monoisotopic (exact) mass is 348 g/mol. The van der Waals surface area contributed by atoms with Crippen LogP contribution in [0.5, 0.6) is 0 Å². The van der Waals surface area contributed by atoms with Gasteiger partial charge in [-0.2, -0.15) is 0 Å². The van der Waals surface area contributed by atoms with E-state index in [4.69, 9.17) is 4.74 Å². The van der Waals surface area contributed by atoms with E-state index in [0.29, 0.717) is 18.8 Å². The van der Waals surface area contributed by atoms with E-state index < -0.39 is 17.7 Å². The Morgan fingerprint density at radius 2 is 2.17 bits per heavy atom. The zero-order valence-corrected chi connectivity index (χ0v) is 14.1. The Kier molecular flexibility index (Phi) is 7.88. The zero-order valence-electron chi connectivity index (χ0n) is 13.3. The summed E-state index contributed by atoms with van der Waals surface area (Å²) in [4.78, 5) is 12.2. The first kappa shape index (κ1) is 19.8. The van der Waals surface area contributed by atoms with Crippen molar-refractivity contribution >= 4 is 18.3 Å². The highest BCUT2D eigenvalue weighted by molar-refractivity contribution is 5.85. The highest BCUT2D eigenvalue weighted by Crippen LogP contribution is 2.25. The van der Waals surface area contributed by atoms with Crippen LogP contribution in [0.3, 0.4) is 0 Å². The minimum atomic E-state index is -0.641. The van der Waals surface area contributed by atoms with Crippen LogP contribution in [-0.4, -0.2) is 31.7 Å². The molecule has 1 amide bonds. The topological polar surface area (TPSA) is 50.4 Å². The maximum Gasteiger partial charge on any atom is 0.222 e. The van der Waals surface area contributed by atoms with Gasteiger partial charge in [-0.15, -0.1) is 12.4 Å². The first-order valence-electron chi connectivity index (χ1n) is 7.53. The van der Waals surface area contributed by atoms with E-state index in [1.54, 1.807) is 0 Å². The molecule has 0 spiro atoms. The van der Waals surface area contributed by atoms with Crippen LogP contribution >= 0.6 is 12.4 Å². The van der Waals surface area contributed by atoms with Crippen LogP contribution in [0.1, 0.15) is 31.9 Å². The van der Waals surface area contributed by atoms with E-state index in [1.807, 2.05) is 13.8 Å². The number of morpholine rings is 1. The number of nitrogens with one attached hydrogen (secondary N) is 2. The van der Waals surface area contributed by atoms with E-state index >= 15 is 0 Å². The Balaban J connectivity index is 0.00000264. The molecule has 2 N–H and O–H groups in total. The molecule has 0 aromatic heterocycles. The molecule has 1 aliphatic rings. The number of benzene rings is 1. The number of carbonyl (C=O) groups excluding carboxylic acids is 1. The summed E-state index contributed by atoms with van der Waals surface area (Å²) in [6, 6.07) is 2.92. The molecule has 1 aliphatic heterocycles. The van der Waals surface area contributed by atoms with E-state index in [-0.39, 0.29) is 36.7 Å². The van der Waals surface area contributed by atoms with Gasteiger partial charge in [0, 0.05) is 30.6 Å². The third-order valence-corrected chi connectivity index (χ3v) is 3.71. The van der Waals surface area contributed by atoms with Crippen LogP contribution in [0.2, 0.25) is 0 Å². The fourth-order valence-corrected chi connectivity index (χ4v) is 2.56. The summed E-state index contributed by atoms with van der Waals surface area (Å²) >= 11 is 0. The third-order valence-electron chi connectivity index (χ3n) is 3.71. The standard InChI is InChI=1S/C16H22F2N2O2.ClH/c1-10(2)16(13-4-3-11(17)7-14(13)18)20-15(21)8-12-9-22-6-5-19-12;/h3-4,7,10,12,16,19H,5-6,8-9H2,1-2H3,(H,20,21);1H. The second-order valence-corrected chi connectivity index (χ2v) is 5.89. The summed E-state index contributed by atoms with van der Waals surface area (Å²) in [7, 11) is 0. The zero-order chi connectivity index (χ0) is 16.1. The van der Waals surface area contributed by atoms with Gasteiger partial charge in [0.15, 0.2) is 0 Å². The van der Waals surface area contributed by atoms with E-state index in [9.17, 15) is 13.6 Å². The van der Waals surface area contributed by atoms with Crippen LogP contribution in [0.25, 0.3) is 0 Å². The highest BCUT2D eigenvalue weighted by Gasteiger charge is 2.24. The molecule has 2 unspecified atom stereocenters. The average Bonchev–Trinajstić information content (AvgIpc) is 2.46. The van der Waals surface area contributed by atoms with Crippen LogP contribution in [0.4, 0.5) is 8.78 Å². The third kappa shape index (κ3) is 5.71. The minimum absolute atomic E-state index is 0. The fraction of sp³-hybridized carbons (Fsp3) is 0.562. The van der Waals surface area contributed by atoms with Crippen molar-refractivity contribution in [3.8, 4) is 0 Å². The van der Waals surface area contributed by atoms with Crippen molar-refractivity contribution in [3.05, 3.63) is 35.4 Å². The van der Waals surface area contributed by atoms with Gasteiger partial charge in [-0.1, -0.05) is 19.9 Å². The second kappa shape index (κ2) is 9.15. The summed E-state index contributed by atoms with van der Waals surface area (Å²) in [5.74, 6) is -1.46. The van der Waals surface area contributed by atoms with E-state index in [1.165, 1.54) is 12.1 Å². The molecule has 1 aromatic rings. The molecule has 23 heavy (non-hydrogen) atoms. The first-order chi connectivity index (χ1) is 10.5. The maximum atomic E-state index is 13.9. The lowest BCUT2D eigenvalue weighted by molar-refractivity contribution is -0.123. The van der Waals surface area contributed by atoms with E-state index in [2.05, 4.69) is 10.6 Å². The molecule has 2 rings (SSSR count). The Bertz CT molecular complexity index is 523. The van der Waals surface area contributed by atoms with Gasteiger partial charge in [-0.05, 0) is 12.0 Å². The van der Waals surface area contributed by atoms with Gasteiger partial charge < -0.3 is 15.4 Å². The van der Waals surface area contributed by atoms with Crippen LogP contribution in [-0.2, 0) is 9.53 Å². The van der Waals surface area contributed by atoms with Crippen molar-refractivity contribution in [1.29, 1.82) is 0 Å². The number of amides is 1. The molecule has 4 nitrogen and oxygen atoms in total. The van der Waals surface area contributed by atoms with Gasteiger partial charge in [-0.3, -0.25) is 4.79 Å². The lowest BCUT2D eigenvalue weighted by Gasteiger charge is -2.26. The lowest BCUT2D eigenvalue weighted by Crippen LogP contribution is -2.45. The Morgan fingerprint density at radius 3 is 2.74 bits per heavy atom. The van der Waals surface area contributed by atoms with Crippen molar-refractivity contribution in [2.24, 2.45) is 5.92 Å². The number of rotatable bonds is 5. The van der Waals surface area contributed by atoms with Gasteiger partial charge in [0.25, 0.3) is 0 Å². The quantitative estimate of drug-likeness (QED) is 0.860. The molecule has 130 valence electrons. The van der Waals surface area contributed by atoms with Crippen molar-refractivity contribution in [2.75, 3.05) is 19.8 Å². The first-order valence-corrected chi connectivity index (χ1v) is 7.53. The molecule has 1 heterocycles. The molecular weight excluding hydrogens is 326 g/mol. The fourth-order valence-electron chi connectivity index (χ4n) is 2.56. The second-order valence-electron chi connectivity index (χ2n) is 5.89. The molecule has 0 saturated carbocycles. The van der Waals surface area contributed by atoms with Crippen molar-refractivity contribution in [2.45, 2.75) is 32.4 Å². The number of hydrogen-bond donors (Lipinski definition) is 2. The number of ether oxygens (including phenoxy) is 1. The predicted molar refractivity (Wildman–Crippen MR) is 86.6 cm³/mol. The molecular formula is C16H23ClF2N2O2. The maximum absolute atomic E-state index is 13.9. The van der Waals surface area contributed by atoms with Crippen LogP contribution < -0.4 is 10.6 Å². The average molecular weight is 349 g/mol. The normalized spacial score (nSPS) is 19.1. The predicted octanol–water partition coefficient (Wildman–Crippen LogP) is 2.58. The highest BCUT2D eigenvalue weighted by atomic mass is 35.5. The molecule has 2 atom stereocenters. The van der Waals surface area contributed by atoms with Crippen LogP contribution in [0, 0.1) is 17.6 Å². The molecule has 0 radical (unpaired) electrons. The smallest absolute Gasteiger partial charge is 0.222 e. The molecule has 1 fully saturated rings. The molecule has 1 saturated heterocycles. The van der Waals surface area contributed by atoms with Gasteiger partial charge in [0.05, 0.1) is 19.3 Å². The molecule has 1 aromatic carbocycles. The summed E-state index contributed by atoms with van der Waals surface area (Å²) in [6.45, 7) is 5.63. The van der Waals surface area contributed by atoms with Crippen LogP contribution in [0.15, 0.2) is 18.2 Å². The number of hydrogen-bond acceptors (Lipinski definition) is 3. The minimum Gasteiger partial charge on any atom is -0.378 e. The summed E-state index contributed by atoms with van der Waals surface area (Å²) in [5, 5.41) is 6.04. The SMILES string of the molecule is CC(C)C(NC(=O)CC1COCCN1)c1ccc(F)cc1F.Cl. The summed E-state index contributed by atoms with van der Waals surface area (Å²) in [5.41, 5.74) is 0.303. The van der Waals surface area contributed by atoms with Gasteiger partial charge in [0.2, 0.25) is 5.91 Å². The van der Waals surface area contributed by atoms with Gasteiger partial charge >= 0.3 is 0 Å². The largest absolute Gasteiger partial charge is 0.378 e. The lowest BCUT2D eigenvalue weighted by atomic mass is 9.95. The summed E-state index contributed by atoms with van der Waals surface area (Å²) < 4.78 is 32.3. The molecule has 0 aliphatic carbocycles. The van der Waals surface area contributed by atoms with Crippen molar-refractivity contribution < 1.29 is 18.3 Å². The Labute approximate surface area is 141 Å². The number of carbonyl (C=O) groups is 1. The molecule has 7 heteroatoms. The van der Waals surface area contributed by atoms with E-state index in [0.717, 1.165) is 12.6 Å². The van der Waals surface area contributed by atoms with Gasteiger partial charge in [0.1, 0.15) is 11.6 Å². The van der Waals surface area contributed by atoms with Crippen molar-refractivity contribution in [3.63, 3.8) is 0 Å². The van der Waals surface area contributed by atoms with Crippen molar-refractivity contribution in [1.82, 2.24) is 10.6 Å². The summed E-state index contributed by atoms with van der Waals surface area (Å²) in [6.07, 6.45) is 0.270.